The maximum Gasteiger partial charge on any atom is 0.329 e. The lowest BCUT2D eigenvalue weighted by atomic mass is 10.1. The van der Waals surface area contributed by atoms with Crippen molar-refractivity contribution >= 4 is 16.9 Å². The summed E-state index contributed by atoms with van der Waals surface area (Å²) in [7, 11) is 1.66. The van der Waals surface area contributed by atoms with Crippen LogP contribution in [0.3, 0.4) is 0 Å². The molecule has 0 bridgehead atoms. The average Bonchev–Trinajstić information content (AvgIpc) is 3.41. The minimum Gasteiger partial charge on any atom is -0.497 e. The third-order valence-corrected chi connectivity index (χ3v) is 6.12. The summed E-state index contributed by atoms with van der Waals surface area (Å²) in [5.74, 6) is 0.665. The number of carbonyl (C=O) groups excluding carboxylic acids is 1. The van der Waals surface area contributed by atoms with Gasteiger partial charge < -0.3 is 10.1 Å². The van der Waals surface area contributed by atoms with Crippen molar-refractivity contribution in [2.24, 2.45) is 0 Å². The molecule has 0 aliphatic carbocycles. The molecule has 7 heteroatoms. The zero-order chi connectivity index (χ0) is 21.8. The minimum atomic E-state index is -0.154. The number of likely N-dealkylation sites (tertiary alicyclic amines) is 1. The van der Waals surface area contributed by atoms with Crippen molar-refractivity contribution in [1.29, 1.82) is 0 Å². The smallest absolute Gasteiger partial charge is 0.329 e. The molecule has 3 aromatic rings. The van der Waals surface area contributed by atoms with Crippen molar-refractivity contribution in [3.63, 3.8) is 0 Å². The molecule has 31 heavy (non-hydrogen) atoms. The van der Waals surface area contributed by atoms with Crippen LogP contribution >= 0.6 is 0 Å². The Labute approximate surface area is 182 Å². The first-order chi connectivity index (χ1) is 15.1. The third kappa shape index (κ3) is 4.37. The summed E-state index contributed by atoms with van der Waals surface area (Å²) in [5, 5.41) is 3.07. The molecule has 1 N–H and O–H groups in total. The van der Waals surface area contributed by atoms with E-state index in [-0.39, 0.29) is 24.2 Å². The predicted molar refractivity (Wildman–Crippen MR) is 121 cm³/mol. The molecule has 2 aromatic carbocycles. The van der Waals surface area contributed by atoms with Crippen molar-refractivity contribution < 1.29 is 9.53 Å². The van der Waals surface area contributed by atoms with E-state index in [1.807, 2.05) is 43.3 Å². The number of nitrogens with one attached hydrogen (secondary N) is 1. The molecule has 0 saturated carbocycles. The van der Waals surface area contributed by atoms with E-state index < -0.39 is 0 Å². The Kier molecular flexibility index (Phi) is 6.42. The molecule has 0 unspecified atom stereocenters. The van der Waals surface area contributed by atoms with Crippen molar-refractivity contribution in [1.82, 2.24) is 19.4 Å². The highest BCUT2D eigenvalue weighted by Crippen LogP contribution is 2.26. The summed E-state index contributed by atoms with van der Waals surface area (Å²) in [6.07, 6.45) is 2.35. The number of carbonyl (C=O) groups is 1. The quantitative estimate of drug-likeness (QED) is 0.606. The molecule has 1 amide bonds. The first kappa shape index (κ1) is 21.2. The van der Waals surface area contributed by atoms with Crippen LogP contribution in [0.25, 0.3) is 11.0 Å². The molecule has 1 aromatic heterocycles. The number of nitrogens with zero attached hydrogens (tertiary/aromatic N) is 3. The molecule has 1 aliphatic heterocycles. The van der Waals surface area contributed by atoms with Crippen LogP contribution in [-0.4, -0.2) is 46.7 Å². The van der Waals surface area contributed by atoms with Gasteiger partial charge >= 0.3 is 5.69 Å². The van der Waals surface area contributed by atoms with Gasteiger partial charge in [-0.1, -0.05) is 24.3 Å². The first-order valence-corrected chi connectivity index (χ1v) is 10.9. The Bertz CT molecular complexity index is 1090. The normalized spacial score (nSPS) is 15.3. The monoisotopic (exact) mass is 422 g/mol. The van der Waals surface area contributed by atoms with Gasteiger partial charge in [-0.25, -0.2) is 4.79 Å². The third-order valence-electron chi connectivity index (χ3n) is 6.12. The van der Waals surface area contributed by atoms with Gasteiger partial charge in [0, 0.05) is 13.1 Å². The number of hydrogen-bond acceptors (Lipinski definition) is 4. The van der Waals surface area contributed by atoms with Crippen molar-refractivity contribution in [3.8, 4) is 5.75 Å². The standard InChI is InChI=1S/C24H30N4O3/c1-3-27-20-8-4-5-9-21(20)28(24(27)30)17-23(29)25-16-22(26-14-6-7-15-26)18-10-12-19(31-2)13-11-18/h4-5,8-13,22H,3,6-7,14-17H2,1-2H3,(H,25,29)/t22-/m0/s1. The fourth-order valence-electron chi connectivity index (χ4n) is 4.48. The number of ether oxygens (including phenoxy) is 1. The highest BCUT2D eigenvalue weighted by atomic mass is 16.5. The summed E-state index contributed by atoms with van der Waals surface area (Å²) >= 11 is 0. The Morgan fingerprint density at radius 2 is 1.68 bits per heavy atom. The van der Waals surface area contributed by atoms with Crippen LogP contribution in [0, 0.1) is 0 Å². The second-order valence-electron chi connectivity index (χ2n) is 7.94. The number of para-hydroxylation sites is 2. The molecular weight excluding hydrogens is 392 g/mol. The second kappa shape index (κ2) is 9.39. The molecule has 1 fully saturated rings. The summed E-state index contributed by atoms with van der Waals surface area (Å²) in [4.78, 5) is 28.1. The molecule has 2 heterocycles. The van der Waals surface area contributed by atoms with Crippen molar-refractivity contribution in [2.45, 2.75) is 38.9 Å². The molecule has 0 spiro atoms. The number of imidazole rings is 1. The van der Waals surface area contributed by atoms with Gasteiger partial charge in [0.05, 0.1) is 24.2 Å². The SMILES string of the molecule is CCn1c(=O)n(CC(=O)NC[C@@H](c2ccc(OC)cc2)N2CCCC2)c2ccccc21. The Balaban J connectivity index is 1.50. The van der Waals surface area contributed by atoms with Gasteiger partial charge in [-0.3, -0.25) is 18.8 Å². The zero-order valence-corrected chi connectivity index (χ0v) is 18.2. The molecule has 0 radical (unpaired) electrons. The fraction of sp³-hybridized carbons (Fsp3) is 0.417. The van der Waals surface area contributed by atoms with E-state index in [2.05, 4.69) is 22.3 Å². The first-order valence-electron chi connectivity index (χ1n) is 10.9. The number of aromatic nitrogens is 2. The number of hydrogen-bond donors (Lipinski definition) is 1. The van der Waals surface area contributed by atoms with Crippen LogP contribution in [0.2, 0.25) is 0 Å². The number of rotatable bonds is 8. The Hall–Kier alpha value is -3.06. The van der Waals surface area contributed by atoms with E-state index >= 15 is 0 Å². The van der Waals surface area contributed by atoms with Gasteiger partial charge in [0.1, 0.15) is 12.3 Å². The Morgan fingerprint density at radius 3 is 2.29 bits per heavy atom. The molecule has 7 nitrogen and oxygen atoms in total. The van der Waals surface area contributed by atoms with E-state index in [9.17, 15) is 9.59 Å². The fourth-order valence-corrected chi connectivity index (χ4v) is 4.48. The van der Waals surface area contributed by atoms with Crippen LogP contribution in [0.5, 0.6) is 5.75 Å². The largest absolute Gasteiger partial charge is 0.497 e. The Morgan fingerprint density at radius 1 is 1.03 bits per heavy atom. The molecular formula is C24H30N4O3. The van der Waals surface area contributed by atoms with E-state index in [4.69, 9.17) is 4.74 Å². The highest BCUT2D eigenvalue weighted by Gasteiger charge is 2.24. The number of aryl methyl sites for hydroxylation is 1. The van der Waals surface area contributed by atoms with Crippen molar-refractivity contribution in [2.75, 3.05) is 26.7 Å². The van der Waals surface area contributed by atoms with Gasteiger partial charge in [0.2, 0.25) is 5.91 Å². The van der Waals surface area contributed by atoms with E-state index in [0.29, 0.717) is 13.1 Å². The van der Waals surface area contributed by atoms with Gasteiger partial charge in [0.25, 0.3) is 0 Å². The van der Waals surface area contributed by atoms with E-state index in [0.717, 1.165) is 35.4 Å². The molecule has 1 saturated heterocycles. The molecule has 1 aliphatic rings. The second-order valence-corrected chi connectivity index (χ2v) is 7.94. The lowest BCUT2D eigenvalue weighted by Crippen LogP contribution is -2.39. The van der Waals surface area contributed by atoms with Gasteiger partial charge in [0.15, 0.2) is 0 Å². The summed E-state index contributed by atoms with van der Waals surface area (Å²) in [6, 6.07) is 15.8. The summed E-state index contributed by atoms with van der Waals surface area (Å²) in [5.41, 5.74) is 2.65. The van der Waals surface area contributed by atoms with Crippen LogP contribution in [0.15, 0.2) is 53.3 Å². The summed E-state index contributed by atoms with van der Waals surface area (Å²) < 4.78 is 8.54. The molecule has 1 atom stereocenters. The maximum absolute atomic E-state index is 12.8. The van der Waals surface area contributed by atoms with Crippen LogP contribution < -0.4 is 15.7 Å². The van der Waals surface area contributed by atoms with E-state index in [1.165, 1.54) is 12.8 Å². The number of amides is 1. The average molecular weight is 423 g/mol. The predicted octanol–water partition coefficient (Wildman–Crippen LogP) is 2.78. The van der Waals surface area contributed by atoms with Gasteiger partial charge in [-0.05, 0) is 62.7 Å². The topological polar surface area (TPSA) is 68.5 Å². The van der Waals surface area contributed by atoms with Crippen LogP contribution in [0.4, 0.5) is 0 Å². The van der Waals surface area contributed by atoms with Crippen molar-refractivity contribution in [3.05, 3.63) is 64.6 Å². The number of methoxy groups -OCH3 is 1. The van der Waals surface area contributed by atoms with Gasteiger partial charge in [-0.15, -0.1) is 0 Å². The van der Waals surface area contributed by atoms with E-state index in [1.54, 1.807) is 16.2 Å². The van der Waals surface area contributed by atoms with Crippen LogP contribution in [-0.2, 0) is 17.9 Å². The number of fused-ring (bicyclic) bond motifs is 1. The minimum absolute atomic E-state index is 0.0156. The summed E-state index contributed by atoms with van der Waals surface area (Å²) in [6.45, 7) is 5.08. The lowest BCUT2D eigenvalue weighted by molar-refractivity contribution is -0.121. The van der Waals surface area contributed by atoms with Gasteiger partial charge in [-0.2, -0.15) is 0 Å². The zero-order valence-electron chi connectivity index (χ0n) is 18.2. The molecule has 4 rings (SSSR count). The lowest BCUT2D eigenvalue weighted by Gasteiger charge is -2.28. The molecule has 164 valence electrons. The maximum atomic E-state index is 12.8. The number of benzene rings is 2. The van der Waals surface area contributed by atoms with Crippen LogP contribution in [0.1, 0.15) is 31.4 Å². The highest BCUT2D eigenvalue weighted by molar-refractivity contribution is 5.81.